The van der Waals surface area contributed by atoms with Crippen LogP contribution in [0.4, 0.5) is 0 Å². The summed E-state index contributed by atoms with van der Waals surface area (Å²) in [5.74, 6) is 0. The van der Waals surface area contributed by atoms with Gasteiger partial charge in [-0.1, -0.05) is 60.7 Å². The van der Waals surface area contributed by atoms with E-state index in [1.54, 1.807) is 0 Å². The first kappa shape index (κ1) is 13.8. The monoisotopic (exact) mass is 275 g/mol. The average molecular weight is 275 g/mol. The molecule has 0 aliphatic heterocycles. The van der Waals surface area contributed by atoms with Crippen molar-refractivity contribution >= 4 is 12.3 Å². The van der Waals surface area contributed by atoms with E-state index in [1.807, 2.05) is 24.4 Å². The van der Waals surface area contributed by atoms with Crippen LogP contribution in [0.1, 0.15) is 37.0 Å². The van der Waals surface area contributed by atoms with Gasteiger partial charge in [-0.25, -0.2) is 0 Å². The molecule has 2 aromatic carbocycles. The van der Waals surface area contributed by atoms with Crippen molar-refractivity contribution in [2.24, 2.45) is 4.99 Å². The van der Waals surface area contributed by atoms with Gasteiger partial charge in [0.25, 0.3) is 0 Å². The molecule has 0 bridgehead atoms. The van der Waals surface area contributed by atoms with Gasteiger partial charge in [-0.05, 0) is 49.0 Å². The van der Waals surface area contributed by atoms with Crippen molar-refractivity contribution in [1.82, 2.24) is 0 Å². The van der Waals surface area contributed by atoms with E-state index in [2.05, 4.69) is 56.3 Å². The van der Waals surface area contributed by atoms with Crippen molar-refractivity contribution in [3.8, 4) is 0 Å². The quantitative estimate of drug-likeness (QED) is 0.705. The Kier molecular flexibility index (Phi) is 3.74. The molecule has 3 rings (SSSR count). The molecule has 0 fully saturated rings. The second kappa shape index (κ2) is 5.69. The Morgan fingerprint density at radius 3 is 2.43 bits per heavy atom. The highest BCUT2D eigenvalue weighted by Gasteiger charge is 2.24. The maximum absolute atomic E-state index is 4.83. The highest BCUT2D eigenvalue weighted by Crippen LogP contribution is 2.32. The van der Waals surface area contributed by atoms with Crippen LogP contribution in [0.15, 0.2) is 65.2 Å². The summed E-state index contributed by atoms with van der Waals surface area (Å²) in [5.41, 5.74) is 5.21. The third-order valence-electron chi connectivity index (χ3n) is 4.17. The van der Waals surface area contributed by atoms with E-state index in [1.165, 1.54) is 16.7 Å². The number of fused-ring (bicyclic) bond motifs is 1. The first-order chi connectivity index (χ1) is 10.1. The number of nitrogens with zero attached hydrogens (tertiary/aromatic N) is 1. The van der Waals surface area contributed by atoms with Crippen molar-refractivity contribution in [1.29, 1.82) is 0 Å². The standard InChI is InChI=1S/C20H21N/c1-20(2,21-15-16-8-4-3-5-9-16)19-13-12-17-10-6-7-11-18(17)14-19/h3-11,14-15H,12-13H2,1-2H3. The van der Waals surface area contributed by atoms with Crippen molar-refractivity contribution in [2.75, 3.05) is 0 Å². The lowest BCUT2D eigenvalue weighted by atomic mass is 9.83. The molecule has 0 atom stereocenters. The smallest absolute Gasteiger partial charge is 0.0764 e. The average Bonchev–Trinajstić information content (AvgIpc) is 2.53. The number of benzene rings is 2. The predicted octanol–water partition coefficient (Wildman–Crippen LogP) is 4.91. The Labute approximate surface area is 127 Å². The molecule has 106 valence electrons. The lowest BCUT2D eigenvalue weighted by Gasteiger charge is -2.27. The number of hydrogen-bond acceptors (Lipinski definition) is 1. The highest BCUT2D eigenvalue weighted by molar-refractivity contribution is 5.80. The van der Waals surface area contributed by atoms with Crippen LogP contribution in [-0.4, -0.2) is 11.8 Å². The lowest BCUT2D eigenvalue weighted by Crippen LogP contribution is -2.22. The van der Waals surface area contributed by atoms with Gasteiger partial charge in [-0.15, -0.1) is 0 Å². The van der Waals surface area contributed by atoms with Gasteiger partial charge in [-0.2, -0.15) is 0 Å². The normalized spacial score (nSPS) is 14.9. The zero-order valence-electron chi connectivity index (χ0n) is 12.7. The summed E-state index contributed by atoms with van der Waals surface area (Å²) in [7, 11) is 0. The van der Waals surface area contributed by atoms with E-state index in [9.17, 15) is 0 Å². The molecule has 21 heavy (non-hydrogen) atoms. The molecular weight excluding hydrogens is 254 g/mol. The van der Waals surface area contributed by atoms with Gasteiger partial charge in [0.1, 0.15) is 0 Å². The minimum absolute atomic E-state index is 0.149. The van der Waals surface area contributed by atoms with Gasteiger partial charge in [0, 0.05) is 6.21 Å². The summed E-state index contributed by atoms with van der Waals surface area (Å²) in [6, 6.07) is 19.0. The van der Waals surface area contributed by atoms with Crippen molar-refractivity contribution in [2.45, 2.75) is 32.2 Å². The fourth-order valence-electron chi connectivity index (χ4n) is 2.77. The van der Waals surface area contributed by atoms with Gasteiger partial charge in [0.2, 0.25) is 0 Å². The van der Waals surface area contributed by atoms with E-state index in [0.29, 0.717) is 0 Å². The van der Waals surface area contributed by atoms with Crippen LogP contribution < -0.4 is 0 Å². The largest absolute Gasteiger partial charge is 0.282 e. The minimum atomic E-state index is -0.149. The molecular formula is C20H21N. The van der Waals surface area contributed by atoms with Crippen LogP contribution in [-0.2, 0) is 6.42 Å². The minimum Gasteiger partial charge on any atom is -0.282 e. The summed E-state index contributed by atoms with van der Waals surface area (Å²) in [4.78, 5) is 4.83. The third-order valence-corrected chi connectivity index (χ3v) is 4.17. The Morgan fingerprint density at radius 1 is 0.905 bits per heavy atom. The SMILES string of the molecule is CC(C)(N=Cc1ccccc1)C1=Cc2ccccc2CC1. The molecule has 0 aromatic heterocycles. The zero-order valence-corrected chi connectivity index (χ0v) is 12.7. The molecule has 0 radical (unpaired) electrons. The fourth-order valence-corrected chi connectivity index (χ4v) is 2.77. The topological polar surface area (TPSA) is 12.4 Å². The second-order valence-corrected chi connectivity index (χ2v) is 6.10. The van der Waals surface area contributed by atoms with Gasteiger partial charge in [-0.3, -0.25) is 4.99 Å². The molecule has 0 unspecified atom stereocenters. The molecule has 0 saturated heterocycles. The van der Waals surface area contributed by atoms with E-state index in [0.717, 1.165) is 18.4 Å². The van der Waals surface area contributed by atoms with Crippen LogP contribution in [0.3, 0.4) is 0 Å². The molecule has 0 spiro atoms. The first-order valence-corrected chi connectivity index (χ1v) is 7.54. The summed E-state index contributed by atoms with van der Waals surface area (Å²) in [6.45, 7) is 4.40. The maximum atomic E-state index is 4.83. The van der Waals surface area contributed by atoms with Crippen LogP contribution in [0.25, 0.3) is 6.08 Å². The predicted molar refractivity (Wildman–Crippen MR) is 90.9 cm³/mol. The number of aryl methyl sites for hydroxylation is 1. The van der Waals surface area contributed by atoms with Gasteiger partial charge in [0.15, 0.2) is 0 Å². The highest BCUT2D eigenvalue weighted by atomic mass is 14.8. The molecule has 1 nitrogen and oxygen atoms in total. The molecule has 1 aliphatic rings. The van der Waals surface area contributed by atoms with Crippen molar-refractivity contribution < 1.29 is 0 Å². The van der Waals surface area contributed by atoms with E-state index >= 15 is 0 Å². The first-order valence-electron chi connectivity index (χ1n) is 7.54. The number of aliphatic imine (C=N–C) groups is 1. The lowest BCUT2D eigenvalue weighted by molar-refractivity contribution is 0.589. The van der Waals surface area contributed by atoms with E-state index in [-0.39, 0.29) is 5.54 Å². The molecule has 2 aromatic rings. The summed E-state index contributed by atoms with van der Waals surface area (Å²) >= 11 is 0. The van der Waals surface area contributed by atoms with E-state index < -0.39 is 0 Å². The molecule has 1 aliphatic carbocycles. The Balaban J connectivity index is 1.86. The molecule has 0 amide bonds. The van der Waals surface area contributed by atoms with Crippen LogP contribution in [0.5, 0.6) is 0 Å². The van der Waals surface area contributed by atoms with Crippen LogP contribution in [0.2, 0.25) is 0 Å². The number of hydrogen-bond donors (Lipinski definition) is 0. The Bertz CT molecular complexity index is 678. The number of rotatable bonds is 3. The summed E-state index contributed by atoms with van der Waals surface area (Å²) < 4.78 is 0. The van der Waals surface area contributed by atoms with E-state index in [4.69, 9.17) is 4.99 Å². The van der Waals surface area contributed by atoms with Crippen molar-refractivity contribution in [3.05, 3.63) is 76.9 Å². The fraction of sp³-hybridized carbons (Fsp3) is 0.250. The van der Waals surface area contributed by atoms with Crippen molar-refractivity contribution in [3.63, 3.8) is 0 Å². The summed E-state index contributed by atoms with van der Waals surface area (Å²) in [6.07, 6.45) is 6.52. The molecule has 0 saturated carbocycles. The Hall–Kier alpha value is -2.15. The van der Waals surface area contributed by atoms with Gasteiger partial charge >= 0.3 is 0 Å². The second-order valence-electron chi connectivity index (χ2n) is 6.10. The van der Waals surface area contributed by atoms with Gasteiger partial charge in [0.05, 0.1) is 5.54 Å². The maximum Gasteiger partial charge on any atom is 0.0764 e. The third kappa shape index (κ3) is 3.13. The molecule has 0 heterocycles. The Morgan fingerprint density at radius 2 is 1.62 bits per heavy atom. The molecule has 0 N–H and O–H groups in total. The summed E-state index contributed by atoms with van der Waals surface area (Å²) in [5, 5.41) is 0. The zero-order chi connectivity index (χ0) is 14.7. The van der Waals surface area contributed by atoms with Crippen LogP contribution in [0, 0.1) is 0 Å². The molecule has 1 heteroatoms. The van der Waals surface area contributed by atoms with Crippen LogP contribution >= 0.6 is 0 Å². The van der Waals surface area contributed by atoms with Gasteiger partial charge < -0.3 is 0 Å².